The van der Waals surface area contributed by atoms with E-state index >= 15 is 0 Å². The maximum atomic E-state index is 12.6. The molecular weight excluding hydrogens is 217 g/mol. The van der Waals surface area contributed by atoms with Gasteiger partial charge in [-0.2, -0.15) is 23.3 Å². The van der Waals surface area contributed by atoms with Gasteiger partial charge in [0.15, 0.2) is 0 Å². The SMILES string of the molecule is COC(=O)N1N=CC(C)C1(O)C(F)(F)F. The van der Waals surface area contributed by atoms with Crippen molar-refractivity contribution < 1.29 is 27.8 Å². The highest BCUT2D eigenvalue weighted by atomic mass is 19.4. The first-order valence-corrected chi connectivity index (χ1v) is 3.96. The number of hydrogen-bond donors (Lipinski definition) is 1. The summed E-state index contributed by atoms with van der Waals surface area (Å²) < 4.78 is 41.8. The van der Waals surface area contributed by atoms with Gasteiger partial charge < -0.3 is 9.84 Å². The molecular formula is C7H9F3N2O3. The summed E-state index contributed by atoms with van der Waals surface area (Å²) in [7, 11) is 0.900. The molecule has 86 valence electrons. The first kappa shape index (κ1) is 11.8. The number of aliphatic hydroxyl groups is 1. The third-order valence-corrected chi connectivity index (χ3v) is 2.13. The number of nitrogens with zero attached hydrogens (tertiary/aromatic N) is 2. The van der Waals surface area contributed by atoms with E-state index in [1.807, 2.05) is 0 Å². The predicted octanol–water partition coefficient (Wildman–Crippen LogP) is 0.941. The second kappa shape index (κ2) is 3.37. The van der Waals surface area contributed by atoms with Gasteiger partial charge in [-0.3, -0.25) is 0 Å². The fraction of sp³-hybridized carbons (Fsp3) is 0.714. The topological polar surface area (TPSA) is 62.1 Å². The summed E-state index contributed by atoms with van der Waals surface area (Å²) in [6.45, 7) is 1.10. The zero-order valence-corrected chi connectivity index (χ0v) is 7.95. The first-order valence-electron chi connectivity index (χ1n) is 3.96. The summed E-state index contributed by atoms with van der Waals surface area (Å²) in [5, 5.41) is 12.5. The lowest BCUT2D eigenvalue weighted by molar-refractivity contribution is -0.312. The molecule has 0 aliphatic carbocycles. The fourth-order valence-corrected chi connectivity index (χ4v) is 1.20. The number of rotatable bonds is 0. The van der Waals surface area contributed by atoms with Crippen LogP contribution in [-0.4, -0.2) is 41.4 Å². The van der Waals surface area contributed by atoms with Crippen LogP contribution in [0.1, 0.15) is 6.92 Å². The number of ether oxygens (including phenoxy) is 1. The van der Waals surface area contributed by atoms with Gasteiger partial charge in [0.1, 0.15) is 0 Å². The maximum Gasteiger partial charge on any atom is 0.439 e. The molecule has 0 radical (unpaired) electrons. The van der Waals surface area contributed by atoms with Crippen LogP contribution in [-0.2, 0) is 4.74 Å². The van der Waals surface area contributed by atoms with Gasteiger partial charge in [0, 0.05) is 6.21 Å². The van der Waals surface area contributed by atoms with Crippen molar-refractivity contribution in [3.8, 4) is 0 Å². The molecule has 1 N–H and O–H groups in total. The second-order valence-corrected chi connectivity index (χ2v) is 3.06. The Morgan fingerprint density at radius 2 is 2.20 bits per heavy atom. The molecule has 0 fully saturated rings. The third kappa shape index (κ3) is 1.54. The Bertz CT molecular complexity index is 304. The van der Waals surface area contributed by atoms with E-state index in [9.17, 15) is 23.1 Å². The minimum absolute atomic E-state index is 0.113. The smallest absolute Gasteiger partial charge is 0.439 e. The van der Waals surface area contributed by atoms with E-state index in [4.69, 9.17) is 0 Å². The van der Waals surface area contributed by atoms with Crippen molar-refractivity contribution in [3.05, 3.63) is 0 Å². The van der Waals surface area contributed by atoms with Gasteiger partial charge in [0.25, 0.3) is 5.72 Å². The molecule has 1 amide bonds. The lowest BCUT2D eigenvalue weighted by Gasteiger charge is -2.34. The summed E-state index contributed by atoms with van der Waals surface area (Å²) >= 11 is 0. The molecule has 15 heavy (non-hydrogen) atoms. The number of halogens is 3. The van der Waals surface area contributed by atoms with Crippen molar-refractivity contribution in [1.29, 1.82) is 0 Å². The van der Waals surface area contributed by atoms with Crippen molar-refractivity contribution in [2.75, 3.05) is 7.11 Å². The molecule has 0 spiro atoms. The van der Waals surface area contributed by atoms with Crippen molar-refractivity contribution in [2.45, 2.75) is 18.8 Å². The average molecular weight is 226 g/mol. The monoisotopic (exact) mass is 226 g/mol. The highest BCUT2D eigenvalue weighted by Crippen LogP contribution is 2.41. The summed E-state index contributed by atoms with van der Waals surface area (Å²) in [6.07, 6.45) is -5.53. The van der Waals surface area contributed by atoms with Gasteiger partial charge in [-0.1, -0.05) is 6.92 Å². The largest absolute Gasteiger partial charge is 0.451 e. The van der Waals surface area contributed by atoms with E-state index in [1.165, 1.54) is 0 Å². The first-order chi connectivity index (χ1) is 6.75. The Morgan fingerprint density at radius 1 is 1.67 bits per heavy atom. The molecule has 0 bridgehead atoms. The molecule has 1 heterocycles. The molecule has 8 heteroatoms. The lowest BCUT2D eigenvalue weighted by atomic mass is 9.99. The van der Waals surface area contributed by atoms with Crippen LogP contribution in [0.15, 0.2) is 5.10 Å². The Hall–Kier alpha value is -1.31. The molecule has 1 aliphatic rings. The van der Waals surface area contributed by atoms with Gasteiger partial charge in [-0.15, -0.1) is 0 Å². The van der Waals surface area contributed by atoms with E-state index in [-0.39, 0.29) is 5.01 Å². The Labute approximate surface area is 83.1 Å². The molecule has 2 atom stereocenters. The number of carbonyl (C=O) groups excluding carboxylic acids is 1. The number of carbonyl (C=O) groups is 1. The van der Waals surface area contributed by atoms with Crippen LogP contribution >= 0.6 is 0 Å². The van der Waals surface area contributed by atoms with Gasteiger partial charge in [0.05, 0.1) is 13.0 Å². The molecule has 1 aliphatic heterocycles. The molecule has 0 aromatic carbocycles. The van der Waals surface area contributed by atoms with Gasteiger partial charge in [0.2, 0.25) is 0 Å². The van der Waals surface area contributed by atoms with E-state index in [2.05, 4.69) is 9.84 Å². The van der Waals surface area contributed by atoms with Crippen LogP contribution < -0.4 is 0 Å². The van der Waals surface area contributed by atoms with E-state index in [0.717, 1.165) is 20.2 Å². The standard InChI is InChI=1S/C7H9F3N2O3/c1-4-3-11-12(5(13)15-2)6(4,14)7(8,9)10/h3-4,14H,1-2H3. The minimum atomic E-state index is -5.00. The number of methoxy groups -OCH3 is 1. The fourth-order valence-electron chi connectivity index (χ4n) is 1.20. The summed E-state index contributed by atoms with van der Waals surface area (Å²) in [6, 6.07) is 0. The molecule has 5 nitrogen and oxygen atoms in total. The maximum absolute atomic E-state index is 12.6. The van der Waals surface area contributed by atoms with Crippen LogP contribution in [0.5, 0.6) is 0 Å². The molecule has 2 unspecified atom stereocenters. The van der Waals surface area contributed by atoms with Gasteiger partial charge in [-0.25, -0.2) is 4.79 Å². The molecule has 0 saturated heterocycles. The van der Waals surface area contributed by atoms with Crippen molar-refractivity contribution in [2.24, 2.45) is 11.0 Å². The summed E-state index contributed by atoms with van der Waals surface area (Å²) in [4.78, 5) is 11.0. The van der Waals surface area contributed by atoms with Crippen molar-refractivity contribution in [1.82, 2.24) is 5.01 Å². The number of hydrazone groups is 1. The highest BCUT2D eigenvalue weighted by Gasteiger charge is 2.65. The van der Waals surface area contributed by atoms with E-state index in [1.54, 1.807) is 0 Å². The van der Waals surface area contributed by atoms with Gasteiger partial charge >= 0.3 is 12.3 Å². The van der Waals surface area contributed by atoms with Crippen LogP contribution in [0, 0.1) is 5.92 Å². The quantitative estimate of drug-likeness (QED) is 0.668. The zero-order valence-electron chi connectivity index (χ0n) is 7.95. The van der Waals surface area contributed by atoms with Crippen LogP contribution in [0.2, 0.25) is 0 Å². The third-order valence-electron chi connectivity index (χ3n) is 2.13. The second-order valence-electron chi connectivity index (χ2n) is 3.06. The number of hydrogen-bond acceptors (Lipinski definition) is 4. The van der Waals surface area contributed by atoms with Crippen molar-refractivity contribution in [3.63, 3.8) is 0 Å². The predicted molar refractivity (Wildman–Crippen MR) is 42.9 cm³/mol. The summed E-state index contributed by atoms with van der Waals surface area (Å²) in [5.41, 5.74) is -3.33. The van der Waals surface area contributed by atoms with Crippen molar-refractivity contribution >= 4 is 12.3 Å². The van der Waals surface area contributed by atoms with Crippen LogP contribution in [0.25, 0.3) is 0 Å². The lowest BCUT2D eigenvalue weighted by Crippen LogP contribution is -2.60. The molecule has 0 saturated carbocycles. The Kier molecular flexibility index (Phi) is 2.64. The Balaban J connectivity index is 3.09. The molecule has 1 rings (SSSR count). The average Bonchev–Trinajstić information content (AvgIpc) is 2.43. The number of amides is 1. The molecule has 0 aromatic heterocycles. The van der Waals surface area contributed by atoms with E-state index < -0.39 is 23.9 Å². The normalized spacial score (nSPS) is 30.8. The zero-order chi connectivity index (χ0) is 11.9. The minimum Gasteiger partial charge on any atom is -0.451 e. The number of alkyl halides is 3. The van der Waals surface area contributed by atoms with E-state index in [0.29, 0.717) is 0 Å². The Morgan fingerprint density at radius 3 is 2.60 bits per heavy atom. The molecule has 0 aromatic rings. The van der Waals surface area contributed by atoms with Crippen LogP contribution in [0.4, 0.5) is 18.0 Å². The van der Waals surface area contributed by atoms with Crippen LogP contribution in [0.3, 0.4) is 0 Å². The van der Waals surface area contributed by atoms with Gasteiger partial charge in [-0.05, 0) is 0 Å². The highest BCUT2D eigenvalue weighted by molar-refractivity contribution is 5.75. The summed E-state index contributed by atoms with van der Waals surface area (Å²) in [5.74, 6) is -1.35.